The maximum absolute atomic E-state index is 13.1. The molecule has 1 aromatic rings. The van der Waals surface area contributed by atoms with Gasteiger partial charge in [0.1, 0.15) is 5.82 Å². The molecule has 0 fully saturated rings. The van der Waals surface area contributed by atoms with Crippen LogP contribution in [-0.4, -0.2) is 14.5 Å². The molecular weight excluding hydrogens is 241 g/mol. The molecule has 1 N–H and O–H groups in total. The Morgan fingerprint density at radius 3 is 2.59 bits per heavy atom. The molecule has 5 heteroatoms. The molecule has 0 bridgehead atoms. The van der Waals surface area contributed by atoms with Crippen LogP contribution in [-0.2, 0) is 10.0 Å². The summed E-state index contributed by atoms with van der Waals surface area (Å²) in [5.74, 6) is -0.398. The standard InChI is InChI=1S/C12H18FNO2S/c1-4-5-10(3)14-17(15,16)11-6-7-12(13)9(2)8-11/h6-8,10,14H,4-5H2,1-3H3. The van der Waals surface area contributed by atoms with Gasteiger partial charge in [0.15, 0.2) is 0 Å². The zero-order valence-electron chi connectivity index (χ0n) is 10.3. The van der Waals surface area contributed by atoms with Gasteiger partial charge in [0, 0.05) is 6.04 Å². The van der Waals surface area contributed by atoms with Crippen molar-refractivity contribution in [2.45, 2.75) is 44.6 Å². The van der Waals surface area contributed by atoms with E-state index in [9.17, 15) is 12.8 Å². The molecule has 96 valence electrons. The van der Waals surface area contributed by atoms with E-state index in [1.165, 1.54) is 18.2 Å². The highest BCUT2D eigenvalue weighted by molar-refractivity contribution is 7.89. The van der Waals surface area contributed by atoms with Gasteiger partial charge < -0.3 is 0 Å². The first-order valence-electron chi connectivity index (χ1n) is 5.65. The highest BCUT2D eigenvalue weighted by Crippen LogP contribution is 2.15. The zero-order chi connectivity index (χ0) is 13.1. The average Bonchev–Trinajstić information content (AvgIpc) is 2.21. The third kappa shape index (κ3) is 3.78. The predicted molar refractivity (Wildman–Crippen MR) is 65.8 cm³/mol. The van der Waals surface area contributed by atoms with Crippen LogP contribution in [0.3, 0.4) is 0 Å². The second kappa shape index (κ2) is 5.60. The van der Waals surface area contributed by atoms with Crippen molar-refractivity contribution >= 4 is 10.0 Å². The highest BCUT2D eigenvalue weighted by atomic mass is 32.2. The summed E-state index contributed by atoms with van der Waals surface area (Å²) in [6.45, 7) is 5.36. The molecule has 0 heterocycles. The van der Waals surface area contributed by atoms with E-state index in [2.05, 4.69) is 4.72 Å². The van der Waals surface area contributed by atoms with E-state index in [0.717, 1.165) is 12.8 Å². The Morgan fingerprint density at radius 1 is 1.41 bits per heavy atom. The van der Waals surface area contributed by atoms with E-state index >= 15 is 0 Å². The minimum absolute atomic E-state index is 0.111. The maximum Gasteiger partial charge on any atom is 0.240 e. The summed E-state index contributed by atoms with van der Waals surface area (Å²) in [5, 5.41) is 0. The maximum atomic E-state index is 13.1. The monoisotopic (exact) mass is 259 g/mol. The number of aryl methyl sites for hydroxylation is 1. The number of hydrogen-bond acceptors (Lipinski definition) is 2. The van der Waals surface area contributed by atoms with Crippen LogP contribution in [0, 0.1) is 12.7 Å². The third-order valence-electron chi connectivity index (χ3n) is 2.52. The van der Waals surface area contributed by atoms with E-state index in [-0.39, 0.29) is 10.9 Å². The van der Waals surface area contributed by atoms with Crippen molar-refractivity contribution in [3.8, 4) is 0 Å². The Morgan fingerprint density at radius 2 is 2.06 bits per heavy atom. The third-order valence-corrected chi connectivity index (χ3v) is 4.10. The lowest BCUT2D eigenvalue weighted by Crippen LogP contribution is -2.32. The molecule has 0 aliphatic heterocycles. The molecule has 17 heavy (non-hydrogen) atoms. The Balaban J connectivity index is 2.93. The Bertz CT molecular complexity index is 485. The molecule has 1 rings (SSSR count). The van der Waals surface area contributed by atoms with Crippen molar-refractivity contribution in [3.05, 3.63) is 29.6 Å². The zero-order valence-corrected chi connectivity index (χ0v) is 11.1. The Hall–Kier alpha value is -0.940. The van der Waals surface area contributed by atoms with Crippen molar-refractivity contribution < 1.29 is 12.8 Å². The lowest BCUT2D eigenvalue weighted by molar-refractivity contribution is 0.543. The van der Waals surface area contributed by atoms with Gasteiger partial charge in [-0.2, -0.15) is 0 Å². The molecule has 0 radical (unpaired) electrons. The summed E-state index contributed by atoms with van der Waals surface area (Å²) in [5.41, 5.74) is 0.330. The number of hydrogen-bond donors (Lipinski definition) is 1. The van der Waals surface area contributed by atoms with Gasteiger partial charge in [0.2, 0.25) is 10.0 Å². The largest absolute Gasteiger partial charge is 0.240 e. The minimum Gasteiger partial charge on any atom is -0.208 e. The van der Waals surface area contributed by atoms with E-state index in [1.54, 1.807) is 6.92 Å². The van der Waals surface area contributed by atoms with Crippen LogP contribution >= 0.6 is 0 Å². The molecule has 0 aromatic heterocycles. The topological polar surface area (TPSA) is 46.2 Å². The minimum atomic E-state index is -3.54. The number of rotatable bonds is 5. The second-order valence-corrected chi connectivity index (χ2v) is 5.94. The van der Waals surface area contributed by atoms with Crippen LogP contribution in [0.25, 0.3) is 0 Å². The van der Waals surface area contributed by atoms with Crippen LogP contribution in [0.2, 0.25) is 0 Å². The van der Waals surface area contributed by atoms with Crippen molar-refractivity contribution in [2.75, 3.05) is 0 Å². The first kappa shape index (κ1) is 14.1. The molecule has 3 nitrogen and oxygen atoms in total. The van der Waals surface area contributed by atoms with Crippen LogP contribution in [0.1, 0.15) is 32.3 Å². The highest BCUT2D eigenvalue weighted by Gasteiger charge is 2.17. The molecule has 1 atom stereocenters. The molecule has 0 saturated heterocycles. The average molecular weight is 259 g/mol. The van der Waals surface area contributed by atoms with Crippen molar-refractivity contribution in [1.29, 1.82) is 0 Å². The summed E-state index contributed by atoms with van der Waals surface area (Å²) in [4.78, 5) is 0.111. The van der Waals surface area contributed by atoms with Gasteiger partial charge in [-0.25, -0.2) is 17.5 Å². The Kier molecular flexibility index (Phi) is 4.65. The number of sulfonamides is 1. The van der Waals surface area contributed by atoms with Gasteiger partial charge >= 0.3 is 0 Å². The SMILES string of the molecule is CCCC(C)NS(=O)(=O)c1ccc(F)c(C)c1. The quantitative estimate of drug-likeness (QED) is 0.883. The fraction of sp³-hybridized carbons (Fsp3) is 0.500. The first-order valence-corrected chi connectivity index (χ1v) is 7.13. The second-order valence-electron chi connectivity index (χ2n) is 4.22. The lowest BCUT2D eigenvalue weighted by Gasteiger charge is -2.13. The molecule has 1 unspecified atom stereocenters. The molecule has 0 aliphatic rings. The normalized spacial score (nSPS) is 13.6. The smallest absolute Gasteiger partial charge is 0.208 e. The summed E-state index contributed by atoms with van der Waals surface area (Å²) < 4.78 is 39.5. The van der Waals surface area contributed by atoms with Gasteiger partial charge in [-0.15, -0.1) is 0 Å². The van der Waals surface area contributed by atoms with Crippen molar-refractivity contribution in [1.82, 2.24) is 4.72 Å². The molecule has 0 spiro atoms. The Labute approximate surface area is 102 Å². The molecule has 0 aliphatic carbocycles. The first-order chi connectivity index (χ1) is 7.86. The van der Waals surface area contributed by atoms with Crippen LogP contribution in [0.15, 0.2) is 23.1 Å². The number of nitrogens with one attached hydrogen (secondary N) is 1. The van der Waals surface area contributed by atoms with E-state index in [4.69, 9.17) is 0 Å². The fourth-order valence-electron chi connectivity index (χ4n) is 1.61. The fourth-order valence-corrected chi connectivity index (χ4v) is 2.97. The summed E-state index contributed by atoms with van der Waals surface area (Å²) in [7, 11) is -3.54. The number of benzene rings is 1. The van der Waals surface area contributed by atoms with Crippen molar-refractivity contribution in [2.24, 2.45) is 0 Å². The van der Waals surface area contributed by atoms with Crippen LogP contribution in [0.5, 0.6) is 0 Å². The van der Waals surface area contributed by atoms with E-state index in [1.807, 2.05) is 13.8 Å². The van der Waals surface area contributed by atoms with E-state index in [0.29, 0.717) is 5.56 Å². The van der Waals surface area contributed by atoms with Gasteiger partial charge in [-0.05, 0) is 44.0 Å². The predicted octanol–water partition coefficient (Wildman–Crippen LogP) is 2.60. The summed E-state index contributed by atoms with van der Waals surface area (Å²) >= 11 is 0. The van der Waals surface area contributed by atoms with Gasteiger partial charge in [-0.3, -0.25) is 0 Å². The van der Waals surface area contributed by atoms with Gasteiger partial charge in [0.05, 0.1) is 4.90 Å². The molecule has 1 aromatic carbocycles. The summed E-state index contributed by atoms with van der Waals surface area (Å²) in [6.07, 6.45) is 1.69. The molecule has 0 saturated carbocycles. The van der Waals surface area contributed by atoms with Crippen LogP contribution in [0.4, 0.5) is 4.39 Å². The lowest BCUT2D eigenvalue weighted by atomic mass is 10.2. The van der Waals surface area contributed by atoms with Gasteiger partial charge in [-0.1, -0.05) is 13.3 Å². The number of halogens is 1. The van der Waals surface area contributed by atoms with E-state index < -0.39 is 15.8 Å². The summed E-state index contributed by atoms with van der Waals surface area (Å²) in [6, 6.07) is 3.68. The molecular formula is C12H18FNO2S. The van der Waals surface area contributed by atoms with Gasteiger partial charge in [0.25, 0.3) is 0 Å². The molecule has 0 amide bonds. The van der Waals surface area contributed by atoms with Crippen LogP contribution < -0.4 is 4.72 Å². The van der Waals surface area contributed by atoms with Crippen molar-refractivity contribution in [3.63, 3.8) is 0 Å².